The Labute approximate surface area is 200 Å². The van der Waals surface area contributed by atoms with Crippen molar-refractivity contribution in [2.45, 2.75) is 33.2 Å². The minimum atomic E-state index is -0.111. The molecule has 2 aliphatic rings. The number of piperidine rings is 1. The molecule has 0 spiro atoms. The molecule has 5 rings (SSSR count). The van der Waals surface area contributed by atoms with E-state index in [0.29, 0.717) is 43.0 Å². The molecule has 0 atom stereocenters. The maximum absolute atomic E-state index is 12.1. The van der Waals surface area contributed by atoms with Crippen LogP contribution in [0.15, 0.2) is 18.2 Å². The lowest BCUT2D eigenvalue weighted by Gasteiger charge is -2.31. The topological polar surface area (TPSA) is 85.8 Å². The first kappa shape index (κ1) is 22.0. The number of fused-ring (bicyclic) bond motifs is 2. The minimum absolute atomic E-state index is 0.0630. The quantitative estimate of drug-likeness (QED) is 0.496. The van der Waals surface area contributed by atoms with Gasteiger partial charge in [0.15, 0.2) is 11.5 Å². The average Bonchev–Trinajstić information content (AvgIpc) is 3.41. The summed E-state index contributed by atoms with van der Waals surface area (Å²) >= 11 is 8.18. The van der Waals surface area contributed by atoms with Crippen molar-refractivity contribution >= 4 is 50.9 Å². The van der Waals surface area contributed by atoms with Crippen LogP contribution in [0.2, 0.25) is 5.02 Å². The molecule has 1 fully saturated rings. The molecule has 0 aliphatic carbocycles. The highest BCUT2D eigenvalue weighted by molar-refractivity contribution is 7.19. The van der Waals surface area contributed by atoms with Crippen LogP contribution in [-0.4, -0.2) is 42.4 Å². The molecule has 2 aromatic heterocycles. The van der Waals surface area contributed by atoms with Gasteiger partial charge in [-0.2, -0.15) is 4.98 Å². The molecular weight excluding hydrogens is 464 g/mol. The predicted molar refractivity (Wildman–Crippen MR) is 129 cm³/mol. The Bertz CT molecular complexity index is 1190. The molecular formula is C23H25ClN4O4S. The molecule has 0 amide bonds. The number of benzene rings is 1. The third-order valence-electron chi connectivity index (χ3n) is 5.94. The number of anilines is 2. The van der Waals surface area contributed by atoms with Crippen molar-refractivity contribution in [1.82, 2.24) is 9.97 Å². The van der Waals surface area contributed by atoms with E-state index in [0.717, 1.165) is 45.0 Å². The summed E-state index contributed by atoms with van der Waals surface area (Å²) in [6, 6.07) is 5.88. The van der Waals surface area contributed by atoms with Gasteiger partial charge in [-0.3, -0.25) is 4.79 Å². The number of ether oxygens (including phenoxy) is 3. The molecule has 0 bridgehead atoms. The van der Waals surface area contributed by atoms with E-state index < -0.39 is 0 Å². The van der Waals surface area contributed by atoms with Gasteiger partial charge in [0, 0.05) is 24.5 Å². The number of thiophene rings is 1. The van der Waals surface area contributed by atoms with E-state index in [-0.39, 0.29) is 18.7 Å². The molecule has 1 saturated heterocycles. The summed E-state index contributed by atoms with van der Waals surface area (Å²) in [7, 11) is 0. The number of nitrogens with one attached hydrogen (secondary N) is 1. The highest BCUT2D eigenvalue weighted by atomic mass is 35.5. The van der Waals surface area contributed by atoms with Crippen molar-refractivity contribution in [3.63, 3.8) is 0 Å². The normalized spacial score (nSPS) is 15.8. The number of hydrogen-bond acceptors (Lipinski definition) is 9. The van der Waals surface area contributed by atoms with E-state index in [4.69, 9.17) is 35.8 Å². The van der Waals surface area contributed by atoms with E-state index >= 15 is 0 Å². The zero-order valence-corrected chi connectivity index (χ0v) is 20.1. The number of nitrogens with zero attached hydrogens (tertiary/aromatic N) is 3. The van der Waals surface area contributed by atoms with Gasteiger partial charge in [0.1, 0.15) is 10.6 Å². The fourth-order valence-corrected chi connectivity index (χ4v) is 5.41. The van der Waals surface area contributed by atoms with Gasteiger partial charge in [-0.05, 0) is 44.4 Å². The molecule has 1 N–H and O–H groups in total. The van der Waals surface area contributed by atoms with Crippen molar-refractivity contribution in [3.05, 3.63) is 33.7 Å². The van der Waals surface area contributed by atoms with Crippen LogP contribution in [0.5, 0.6) is 11.5 Å². The fraction of sp³-hybridized carbons (Fsp3) is 0.435. The van der Waals surface area contributed by atoms with Crippen molar-refractivity contribution < 1.29 is 19.0 Å². The smallest absolute Gasteiger partial charge is 0.309 e. The first-order chi connectivity index (χ1) is 16.0. The van der Waals surface area contributed by atoms with Crippen LogP contribution in [0.1, 0.15) is 30.2 Å². The molecule has 2 aliphatic heterocycles. The lowest BCUT2D eigenvalue weighted by atomic mass is 9.97. The Hall–Kier alpha value is -2.78. The number of carbonyl (C=O) groups is 1. The van der Waals surface area contributed by atoms with Gasteiger partial charge in [-0.1, -0.05) is 17.7 Å². The summed E-state index contributed by atoms with van der Waals surface area (Å²) < 4.78 is 16.1. The van der Waals surface area contributed by atoms with Gasteiger partial charge in [-0.15, -0.1) is 11.3 Å². The monoisotopic (exact) mass is 488 g/mol. The van der Waals surface area contributed by atoms with E-state index in [9.17, 15) is 4.79 Å². The molecule has 1 aromatic carbocycles. The van der Waals surface area contributed by atoms with Crippen molar-refractivity contribution in [3.8, 4) is 11.5 Å². The average molecular weight is 489 g/mol. The number of esters is 1. The maximum Gasteiger partial charge on any atom is 0.309 e. The number of halogens is 1. The number of rotatable bonds is 6. The Morgan fingerprint density at radius 2 is 2.06 bits per heavy atom. The number of hydrogen-bond donors (Lipinski definition) is 1. The third-order valence-corrected chi connectivity index (χ3v) is 7.52. The lowest BCUT2D eigenvalue weighted by Crippen LogP contribution is -2.38. The molecule has 4 heterocycles. The summed E-state index contributed by atoms with van der Waals surface area (Å²) in [4.78, 5) is 25.7. The molecule has 8 nitrogen and oxygen atoms in total. The molecule has 10 heteroatoms. The summed E-state index contributed by atoms with van der Waals surface area (Å²) in [6.07, 6.45) is 1.45. The van der Waals surface area contributed by atoms with Gasteiger partial charge in [0.2, 0.25) is 12.7 Å². The van der Waals surface area contributed by atoms with E-state index in [1.807, 2.05) is 32.0 Å². The largest absolute Gasteiger partial charge is 0.466 e. The highest BCUT2D eigenvalue weighted by Crippen LogP contribution is 2.39. The van der Waals surface area contributed by atoms with E-state index in [1.54, 1.807) is 11.3 Å². The second-order valence-corrected chi connectivity index (χ2v) is 9.66. The Balaban J connectivity index is 1.38. The first-order valence-electron chi connectivity index (χ1n) is 11.0. The third kappa shape index (κ3) is 4.39. The second kappa shape index (κ2) is 9.23. The van der Waals surface area contributed by atoms with Gasteiger partial charge < -0.3 is 24.4 Å². The number of carbonyl (C=O) groups excluding carboxylic acids is 1. The van der Waals surface area contributed by atoms with Crippen LogP contribution in [0.3, 0.4) is 0 Å². The lowest BCUT2D eigenvalue weighted by molar-refractivity contribution is -0.148. The molecule has 0 unspecified atom stereocenters. The van der Waals surface area contributed by atoms with E-state index in [2.05, 4.69) is 10.2 Å². The van der Waals surface area contributed by atoms with Crippen molar-refractivity contribution in [1.29, 1.82) is 0 Å². The Kier molecular flexibility index (Phi) is 6.16. The standard InChI is InChI=1S/C23H25ClN4O4S/c1-3-30-22(29)15-6-8-28(9-7-15)23-26-20(18-19(24)13(2)33-21(18)27-23)25-11-14-4-5-16-17(10-14)32-12-31-16/h4-5,10,15H,3,6-9,11-12H2,1-2H3,(H,25,26,27). The minimum Gasteiger partial charge on any atom is -0.466 e. The zero-order chi connectivity index (χ0) is 22.9. The van der Waals surface area contributed by atoms with Crippen LogP contribution < -0.4 is 19.7 Å². The summed E-state index contributed by atoms with van der Waals surface area (Å²) in [5.41, 5.74) is 1.05. The summed E-state index contributed by atoms with van der Waals surface area (Å²) in [5.74, 6) is 2.68. The van der Waals surface area contributed by atoms with Crippen LogP contribution in [-0.2, 0) is 16.1 Å². The van der Waals surface area contributed by atoms with Gasteiger partial charge in [-0.25, -0.2) is 4.98 Å². The molecule has 0 radical (unpaired) electrons. The highest BCUT2D eigenvalue weighted by Gasteiger charge is 2.28. The second-order valence-electron chi connectivity index (χ2n) is 8.08. The summed E-state index contributed by atoms with van der Waals surface area (Å²) in [6.45, 7) is 6.44. The fourth-order valence-electron chi connectivity index (χ4n) is 4.15. The molecule has 3 aromatic rings. The van der Waals surface area contributed by atoms with Crippen LogP contribution in [0, 0.1) is 12.8 Å². The van der Waals surface area contributed by atoms with Gasteiger partial charge >= 0.3 is 5.97 Å². The van der Waals surface area contributed by atoms with Gasteiger partial charge in [0.05, 0.1) is 22.9 Å². The van der Waals surface area contributed by atoms with Crippen molar-refractivity contribution in [2.75, 3.05) is 36.7 Å². The number of aryl methyl sites for hydroxylation is 1. The predicted octanol–water partition coefficient (Wildman–Crippen LogP) is 4.77. The SMILES string of the molecule is CCOC(=O)C1CCN(c2nc(NCc3ccc4c(c3)OCO4)c3c(Cl)c(C)sc3n2)CC1. The molecule has 174 valence electrons. The molecule has 0 saturated carbocycles. The first-order valence-corrected chi connectivity index (χ1v) is 12.2. The van der Waals surface area contributed by atoms with Crippen LogP contribution >= 0.6 is 22.9 Å². The maximum atomic E-state index is 12.1. The molecule has 33 heavy (non-hydrogen) atoms. The summed E-state index contributed by atoms with van der Waals surface area (Å²) in [5, 5.41) is 4.96. The van der Waals surface area contributed by atoms with Crippen LogP contribution in [0.25, 0.3) is 10.2 Å². The zero-order valence-electron chi connectivity index (χ0n) is 18.5. The van der Waals surface area contributed by atoms with Crippen LogP contribution in [0.4, 0.5) is 11.8 Å². The number of aromatic nitrogens is 2. The van der Waals surface area contributed by atoms with E-state index in [1.165, 1.54) is 0 Å². The van der Waals surface area contributed by atoms with Crippen molar-refractivity contribution in [2.24, 2.45) is 5.92 Å². The van der Waals surface area contributed by atoms with Gasteiger partial charge in [0.25, 0.3) is 0 Å². The Morgan fingerprint density at radius 1 is 1.27 bits per heavy atom. The Morgan fingerprint density at radius 3 is 2.85 bits per heavy atom.